The molecule has 0 spiro atoms. The first-order valence-corrected chi connectivity index (χ1v) is 4.09. The van der Waals surface area contributed by atoms with Crippen LogP contribution in [0.5, 0.6) is 0 Å². The maximum absolute atomic E-state index is 5.18. The molecule has 13 heavy (non-hydrogen) atoms. The van der Waals surface area contributed by atoms with Crippen molar-refractivity contribution in [1.82, 2.24) is 4.98 Å². The van der Waals surface area contributed by atoms with Gasteiger partial charge in [0.2, 0.25) is 5.71 Å². The second-order valence-corrected chi connectivity index (χ2v) is 2.89. The molecule has 0 bridgehead atoms. The van der Waals surface area contributed by atoms with Crippen molar-refractivity contribution in [2.75, 3.05) is 0 Å². The third-order valence-electron chi connectivity index (χ3n) is 2.04. The Labute approximate surface area is 74.8 Å². The van der Waals surface area contributed by atoms with Crippen molar-refractivity contribution < 1.29 is 4.42 Å². The molecule has 0 amide bonds. The minimum Gasteiger partial charge on any atom is -0.446 e. The predicted octanol–water partition coefficient (Wildman–Crippen LogP) is 2.78. The molecule has 0 aliphatic carbocycles. The number of nitrogens with zero attached hydrogens (tertiary/aromatic N) is 1. The molecule has 0 fully saturated rings. The van der Waals surface area contributed by atoms with Gasteiger partial charge in [0.25, 0.3) is 0 Å². The highest BCUT2D eigenvalue weighted by Crippen LogP contribution is 2.18. The van der Waals surface area contributed by atoms with Gasteiger partial charge in [0, 0.05) is 16.8 Å². The van der Waals surface area contributed by atoms with Crippen LogP contribution in [0, 0.1) is 6.07 Å². The summed E-state index contributed by atoms with van der Waals surface area (Å²) < 4.78 is 5.18. The Kier molecular flexibility index (Phi) is 1.19. The van der Waals surface area contributed by atoms with Gasteiger partial charge >= 0.3 is 0 Å². The largest absolute Gasteiger partial charge is 0.446 e. The van der Waals surface area contributed by atoms with Crippen LogP contribution in [0.3, 0.4) is 0 Å². The predicted molar refractivity (Wildman–Crippen MR) is 50.4 cm³/mol. The van der Waals surface area contributed by atoms with Gasteiger partial charge in [0.15, 0.2) is 0 Å². The molecule has 0 unspecified atom stereocenters. The van der Waals surface area contributed by atoms with Crippen molar-refractivity contribution in [2.45, 2.75) is 0 Å². The van der Waals surface area contributed by atoms with Gasteiger partial charge in [-0.05, 0) is 12.1 Å². The van der Waals surface area contributed by atoms with E-state index in [1.165, 1.54) is 0 Å². The zero-order valence-electron chi connectivity index (χ0n) is 6.82. The van der Waals surface area contributed by atoms with Gasteiger partial charge < -0.3 is 4.42 Å². The fourth-order valence-electron chi connectivity index (χ4n) is 1.41. The number of aromatic nitrogens is 1. The van der Waals surface area contributed by atoms with E-state index in [0.717, 1.165) is 16.3 Å². The number of rotatable bonds is 0. The van der Waals surface area contributed by atoms with Crippen LogP contribution < -0.4 is 0 Å². The SMILES string of the molecule is [c]1c2ccccc2nc2occc12. The van der Waals surface area contributed by atoms with Crippen LogP contribution >= 0.6 is 0 Å². The highest BCUT2D eigenvalue weighted by atomic mass is 16.3. The van der Waals surface area contributed by atoms with Crippen LogP contribution in [0.4, 0.5) is 0 Å². The quantitative estimate of drug-likeness (QED) is 0.515. The van der Waals surface area contributed by atoms with Crippen molar-refractivity contribution >= 4 is 22.0 Å². The molecule has 61 valence electrons. The molecule has 0 atom stereocenters. The molecule has 3 rings (SSSR count). The topological polar surface area (TPSA) is 26.0 Å². The molecule has 1 radical (unpaired) electrons. The van der Waals surface area contributed by atoms with E-state index < -0.39 is 0 Å². The van der Waals surface area contributed by atoms with Crippen LogP contribution in [0.25, 0.3) is 22.0 Å². The lowest BCUT2D eigenvalue weighted by molar-refractivity contribution is 0.604. The van der Waals surface area contributed by atoms with E-state index in [0.29, 0.717) is 5.71 Å². The minimum atomic E-state index is 0.652. The third-order valence-corrected chi connectivity index (χ3v) is 2.04. The number of hydrogen-bond acceptors (Lipinski definition) is 2. The number of pyridine rings is 1. The maximum Gasteiger partial charge on any atom is 0.227 e. The van der Waals surface area contributed by atoms with Crippen molar-refractivity contribution in [3.05, 3.63) is 42.7 Å². The Morgan fingerprint density at radius 3 is 3.00 bits per heavy atom. The summed E-state index contributed by atoms with van der Waals surface area (Å²) >= 11 is 0. The Balaban J connectivity index is 2.57. The number of benzene rings is 1. The molecule has 0 N–H and O–H groups in total. The van der Waals surface area contributed by atoms with Gasteiger partial charge in [-0.25, -0.2) is 4.98 Å². The second-order valence-electron chi connectivity index (χ2n) is 2.89. The van der Waals surface area contributed by atoms with E-state index in [-0.39, 0.29) is 0 Å². The number of furan rings is 1. The molecule has 2 aromatic heterocycles. The molecule has 2 heterocycles. The molecule has 0 aliphatic heterocycles. The van der Waals surface area contributed by atoms with Gasteiger partial charge in [-0.3, -0.25) is 0 Å². The minimum absolute atomic E-state index is 0.652. The standard InChI is InChI=1S/C11H6NO/c1-2-4-10-8(3-1)7-9-5-6-13-11(9)12-10/h1-6H. The lowest BCUT2D eigenvalue weighted by Crippen LogP contribution is -1.77. The summed E-state index contributed by atoms with van der Waals surface area (Å²) in [5.41, 5.74) is 1.57. The summed E-state index contributed by atoms with van der Waals surface area (Å²) in [6.07, 6.45) is 1.63. The van der Waals surface area contributed by atoms with Gasteiger partial charge in [-0.1, -0.05) is 18.2 Å². The van der Waals surface area contributed by atoms with E-state index in [1.807, 2.05) is 30.3 Å². The molecule has 0 aliphatic rings. The second kappa shape index (κ2) is 2.33. The first-order chi connectivity index (χ1) is 6.43. The summed E-state index contributed by atoms with van der Waals surface area (Å²) in [5.74, 6) is 0. The van der Waals surface area contributed by atoms with Gasteiger partial charge in [0.1, 0.15) is 0 Å². The molecule has 0 saturated heterocycles. The molecular weight excluding hydrogens is 162 g/mol. The highest BCUT2D eigenvalue weighted by molar-refractivity contribution is 5.89. The van der Waals surface area contributed by atoms with Crippen molar-refractivity contribution in [3.8, 4) is 0 Å². The fraction of sp³-hybridized carbons (Fsp3) is 0. The first kappa shape index (κ1) is 6.66. The van der Waals surface area contributed by atoms with Crippen LogP contribution in [-0.2, 0) is 0 Å². The van der Waals surface area contributed by atoms with Crippen molar-refractivity contribution in [3.63, 3.8) is 0 Å². The highest BCUT2D eigenvalue weighted by Gasteiger charge is 2.00. The van der Waals surface area contributed by atoms with E-state index in [9.17, 15) is 0 Å². The summed E-state index contributed by atoms with van der Waals surface area (Å²) in [7, 11) is 0. The van der Waals surface area contributed by atoms with Crippen molar-refractivity contribution in [1.29, 1.82) is 0 Å². The Bertz CT molecular complexity index is 519. The maximum atomic E-state index is 5.18. The number of fused-ring (bicyclic) bond motifs is 2. The molecule has 0 saturated carbocycles. The summed E-state index contributed by atoms with van der Waals surface area (Å²) in [4.78, 5) is 4.34. The van der Waals surface area contributed by atoms with E-state index in [1.54, 1.807) is 6.26 Å². The van der Waals surface area contributed by atoms with Gasteiger partial charge in [-0.2, -0.15) is 0 Å². The van der Waals surface area contributed by atoms with Crippen LogP contribution in [-0.4, -0.2) is 4.98 Å². The van der Waals surface area contributed by atoms with E-state index in [4.69, 9.17) is 4.42 Å². The third kappa shape index (κ3) is 0.920. The van der Waals surface area contributed by atoms with Crippen LogP contribution in [0.1, 0.15) is 0 Å². The normalized spacial score (nSPS) is 11.1. The summed E-state index contributed by atoms with van der Waals surface area (Å²) in [5, 5.41) is 1.95. The molecular formula is C11H6NO. The lowest BCUT2D eigenvalue weighted by atomic mass is 10.2. The molecule has 2 heteroatoms. The fourth-order valence-corrected chi connectivity index (χ4v) is 1.41. The van der Waals surface area contributed by atoms with Gasteiger partial charge in [0.05, 0.1) is 11.8 Å². The molecule has 1 aromatic carbocycles. The van der Waals surface area contributed by atoms with Crippen LogP contribution in [0.15, 0.2) is 41.0 Å². The summed E-state index contributed by atoms with van der Waals surface area (Å²) in [6.45, 7) is 0. The smallest absolute Gasteiger partial charge is 0.227 e. The van der Waals surface area contributed by atoms with Crippen molar-refractivity contribution in [2.24, 2.45) is 0 Å². The Hall–Kier alpha value is -1.83. The first-order valence-electron chi connectivity index (χ1n) is 4.09. The van der Waals surface area contributed by atoms with E-state index >= 15 is 0 Å². The average molecular weight is 168 g/mol. The zero-order valence-corrected chi connectivity index (χ0v) is 6.82. The van der Waals surface area contributed by atoms with Crippen LogP contribution in [0.2, 0.25) is 0 Å². The van der Waals surface area contributed by atoms with E-state index in [2.05, 4.69) is 11.1 Å². The average Bonchev–Trinajstić information content (AvgIpc) is 2.61. The monoisotopic (exact) mass is 168 g/mol. The molecule has 2 nitrogen and oxygen atoms in total. The number of hydrogen-bond donors (Lipinski definition) is 0. The zero-order chi connectivity index (χ0) is 8.67. The number of para-hydroxylation sites is 1. The lowest BCUT2D eigenvalue weighted by Gasteiger charge is -1.94. The Morgan fingerprint density at radius 1 is 1.08 bits per heavy atom. The Morgan fingerprint density at radius 2 is 2.00 bits per heavy atom. The summed E-state index contributed by atoms with van der Waals surface area (Å²) in [6, 6.07) is 13.0. The molecule has 3 aromatic rings. The van der Waals surface area contributed by atoms with Gasteiger partial charge in [-0.15, -0.1) is 0 Å².